The van der Waals surface area contributed by atoms with Crippen LogP contribution in [-0.4, -0.2) is 13.5 Å². The minimum absolute atomic E-state index is 0.573. The van der Waals surface area contributed by atoms with Crippen LogP contribution in [0.15, 0.2) is 0 Å². The first kappa shape index (κ1) is 20.6. The van der Waals surface area contributed by atoms with E-state index < -0.39 is 75.5 Å². The van der Waals surface area contributed by atoms with Crippen LogP contribution in [0.5, 0.6) is 11.5 Å². The average molecular weight is 412 g/mol. The number of hydrogen-bond acceptors (Lipinski definition) is 2. The summed E-state index contributed by atoms with van der Waals surface area (Å²) in [4.78, 5) is 0. The third-order valence-corrected chi connectivity index (χ3v) is 3.12. The van der Waals surface area contributed by atoms with Gasteiger partial charge in [0, 0.05) is 0 Å². The van der Waals surface area contributed by atoms with E-state index in [2.05, 4.69) is 9.47 Å². The highest BCUT2D eigenvalue weighted by molar-refractivity contribution is 5.69. The quantitative estimate of drug-likeness (QED) is 0.499. The van der Waals surface area contributed by atoms with Crippen LogP contribution in [0.25, 0.3) is 11.1 Å². The smallest absolute Gasteiger partial charge is 0.491 e. The molecule has 2 nitrogen and oxygen atoms in total. The van der Waals surface area contributed by atoms with Gasteiger partial charge in [-0.05, 0) is 0 Å². The number of hydrogen-bond donors (Lipinski definition) is 0. The van der Waals surface area contributed by atoms with E-state index in [4.69, 9.17) is 0 Å². The third kappa shape index (κ3) is 3.32. The van der Waals surface area contributed by atoms with Crippen molar-refractivity contribution in [3.8, 4) is 22.6 Å². The summed E-state index contributed by atoms with van der Waals surface area (Å²) < 4.78 is 153. The first-order valence-electron chi connectivity index (χ1n) is 6.35. The number of rotatable bonds is 3. The van der Waals surface area contributed by atoms with Crippen LogP contribution in [0.2, 0.25) is 0 Å². The van der Waals surface area contributed by atoms with E-state index in [1.165, 1.54) is 0 Å². The van der Waals surface area contributed by atoms with Crippen molar-refractivity contribution < 1.29 is 57.8 Å². The fourth-order valence-electron chi connectivity index (χ4n) is 2.05. The lowest BCUT2D eigenvalue weighted by Crippen LogP contribution is -2.20. The van der Waals surface area contributed by atoms with Gasteiger partial charge in [-0.15, -0.1) is 13.2 Å². The molecule has 0 heterocycles. The Morgan fingerprint density at radius 3 is 1.07 bits per heavy atom. The molecule has 0 aliphatic heterocycles. The van der Waals surface area contributed by atoms with Crippen LogP contribution in [0.1, 0.15) is 0 Å². The molecular formula is C14H3F11O2. The Morgan fingerprint density at radius 2 is 0.815 bits per heavy atom. The lowest BCUT2D eigenvalue weighted by atomic mass is 10.0. The van der Waals surface area contributed by atoms with Crippen LogP contribution in [-0.2, 0) is 0 Å². The van der Waals surface area contributed by atoms with E-state index >= 15 is 0 Å². The first-order valence-corrected chi connectivity index (χ1v) is 6.35. The predicted octanol–water partition coefficient (Wildman–Crippen LogP) is 5.37. The van der Waals surface area contributed by atoms with Crippen molar-refractivity contribution in [3.05, 3.63) is 46.5 Å². The summed E-state index contributed by atoms with van der Waals surface area (Å²) in [5.41, 5.74) is -4.59. The van der Waals surface area contributed by atoms with Crippen molar-refractivity contribution in [1.82, 2.24) is 0 Å². The molecule has 0 spiro atoms. The lowest BCUT2D eigenvalue weighted by Gasteiger charge is -2.16. The number of alkyl halides is 3. The van der Waals surface area contributed by atoms with Crippen molar-refractivity contribution in [2.24, 2.45) is 0 Å². The Kier molecular flexibility index (Phi) is 5.16. The summed E-state index contributed by atoms with van der Waals surface area (Å²) in [7, 11) is 0.573. The first-order chi connectivity index (χ1) is 12.3. The van der Waals surface area contributed by atoms with E-state index in [0.717, 1.165) is 0 Å². The molecule has 0 amide bonds. The largest absolute Gasteiger partial charge is 0.573 e. The molecule has 2 aromatic rings. The molecule has 0 unspecified atom stereocenters. The van der Waals surface area contributed by atoms with Crippen LogP contribution < -0.4 is 9.47 Å². The topological polar surface area (TPSA) is 18.5 Å². The second kappa shape index (κ2) is 6.78. The SMILES string of the molecule is COc1c(F)c(F)c(-c2c(F)c(F)c(OC(F)(F)F)c(F)c2F)c(F)c1F. The standard InChI is InChI=1S/C14H3F11O2/c1-26-12-8(19)4(15)2(5(16)9(12)20)3-6(17)10(21)13(11(22)7(3)18)27-14(23,24)25/h1H3. The van der Waals surface area contributed by atoms with E-state index in [1.54, 1.807) is 0 Å². The molecule has 0 N–H and O–H groups in total. The maximum absolute atomic E-state index is 13.9. The summed E-state index contributed by atoms with van der Waals surface area (Å²) in [5, 5.41) is 0. The monoisotopic (exact) mass is 412 g/mol. The highest BCUT2D eigenvalue weighted by atomic mass is 19.4. The molecule has 0 radical (unpaired) electrons. The molecule has 0 aliphatic carbocycles. The highest BCUT2D eigenvalue weighted by Gasteiger charge is 2.39. The molecule has 0 fully saturated rings. The van der Waals surface area contributed by atoms with Gasteiger partial charge in [0.05, 0.1) is 18.2 Å². The van der Waals surface area contributed by atoms with E-state index in [9.17, 15) is 48.3 Å². The van der Waals surface area contributed by atoms with Gasteiger partial charge in [-0.1, -0.05) is 0 Å². The van der Waals surface area contributed by atoms with Crippen molar-refractivity contribution in [3.63, 3.8) is 0 Å². The predicted molar refractivity (Wildman–Crippen MR) is 64.8 cm³/mol. The molecule has 2 rings (SSSR count). The fourth-order valence-corrected chi connectivity index (χ4v) is 2.05. The Balaban J connectivity index is 2.91. The zero-order valence-electron chi connectivity index (χ0n) is 12.5. The Hall–Kier alpha value is -2.73. The second-order valence-electron chi connectivity index (χ2n) is 4.67. The van der Waals surface area contributed by atoms with Crippen LogP contribution in [0.3, 0.4) is 0 Å². The van der Waals surface area contributed by atoms with Gasteiger partial charge in [0.1, 0.15) is 0 Å². The number of benzene rings is 2. The summed E-state index contributed by atoms with van der Waals surface area (Å²) in [5.74, 6) is -25.2. The molecule has 0 aliphatic rings. The number of ether oxygens (including phenoxy) is 2. The fraction of sp³-hybridized carbons (Fsp3) is 0.143. The van der Waals surface area contributed by atoms with E-state index in [1.807, 2.05) is 0 Å². The van der Waals surface area contributed by atoms with E-state index in [0.29, 0.717) is 7.11 Å². The minimum Gasteiger partial charge on any atom is -0.491 e. The zero-order chi connectivity index (χ0) is 20.8. The third-order valence-electron chi connectivity index (χ3n) is 3.12. The molecule has 0 saturated heterocycles. The van der Waals surface area contributed by atoms with Gasteiger partial charge < -0.3 is 9.47 Å². The van der Waals surface area contributed by atoms with Crippen LogP contribution in [0.4, 0.5) is 48.3 Å². The Morgan fingerprint density at radius 1 is 0.519 bits per heavy atom. The normalized spacial score (nSPS) is 11.7. The van der Waals surface area contributed by atoms with Crippen molar-refractivity contribution in [1.29, 1.82) is 0 Å². The summed E-state index contributed by atoms with van der Waals surface area (Å²) in [6.07, 6.45) is -5.79. The lowest BCUT2D eigenvalue weighted by molar-refractivity contribution is -0.276. The molecule has 2 aromatic carbocycles. The van der Waals surface area contributed by atoms with Gasteiger partial charge in [0.25, 0.3) is 0 Å². The van der Waals surface area contributed by atoms with Crippen molar-refractivity contribution in [2.45, 2.75) is 6.36 Å². The van der Waals surface area contributed by atoms with Crippen LogP contribution in [0, 0.1) is 46.5 Å². The molecule has 0 bridgehead atoms. The number of halogens is 11. The molecule has 0 atom stereocenters. The van der Waals surface area contributed by atoms with Crippen molar-refractivity contribution >= 4 is 0 Å². The van der Waals surface area contributed by atoms with Gasteiger partial charge in [-0.2, -0.15) is 17.6 Å². The zero-order valence-corrected chi connectivity index (χ0v) is 12.5. The molecule has 0 saturated carbocycles. The number of methoxy groups -OCH3 is 1. The maximum Gasteiger partial charge on any atom is 0.573 e. The summed E-state index contributed by atoms with van der Waals surface area (Å²) in [6.45, 7) is 0. The van der Waals surface area contributed by atoms with E-state index in [-0.39, 0.29) is 0 Å². The minimum atomic E-state index is -5.79. The average Bonchev–Trinajstić information content (AvgIpc) is 2.58. The van der Waals surface area contributed by atoms with Gasteiger partial charge in [0.2, 0.25) is 29.0 Å². The van der Waals surface area contributed by atoms with Crippen molar-refractivity contribution in [2.75, 3.05) is 7.11 Å². The summed E-state index contributed by atoms with van der Waals surface area (Å²) in [6, 6.07) is 0. The van der Waals surface area contributed by atoms with Gasteiger partial charge in [-0.3, -0.25) is 0 Å². The molecule has 27 heavy (non-hydrogen) atoms. The molecule has 148 valence electrons. The Bertz CT molecular complexity index is 863. The Labute approximate surface area is 141 Å². The van der Waals surface area contributed by atoms with Crippen LogP contribution >= 0.6 is 0 Å². The molecular weight excluding hydrogens is 409 g/mol. The molecule has 0 aromatic heterocycles. The van der Waals surface area contributed by atoms with Gasteiger partial charge in [0.15, 0.2) is 29.0 Å². The second-order valence-corrected chi connectivity index (χ2v) is 4.67. The van der Waals surface area contributed by atoms with Gasteiger partial charge >= 0.3 is 6.36 Å². The van der Waals surface area contributed by atoms with Gasteiger partial charge in [-0.25, -0.2) is 17.6 Å². The maximum atomic E-state index is 13.9. The highest BCUT2D eigenvalue weighted by Crippen LogP contribution is 2.42. The summed E-state index contributed by atoms with van der Waals surface area (Å²) >= 11 is 0. The molecule has 13 heteroatoms.